The third-order valence-corrected chi connectivity index (χ3v) is 4.30. The van der Waals surface area contributed by atoms with Gasteiger partial charge < -0.3 is 15.2 Å². The number of aromatic nitrogens is 2. The zero-order chi connectivity index (χ0) is 15.6. The van der Waals surface area contributed by atoms with Crippen LogP contribution in [0, 0.1) is 0 Å². The Balaban J connectivity index is 2.08. The molecule has 1 fully saturated rings. The first-order chi connectivity index (χ1) is 9.90. The van der Waals surface area contributed by atoms with Crippen LogP contribution in [0.3, 0.4) is 0 Å². The maximum absolute atomic E-state index is 12.1. The molecule has 0 bridgehead atoms. The van der Waals surface area contributed by atoms with E-state index in [2.05, 4.69) is 10.4 Å². The summed E-state index contributed by atoms with van der Waals surface area (Å²) in [6.07, 6.45) is 5.32. The summed E-state index contributed by atoms with van der Waals surface area (Å²) in [5, 5.41) is 16.0. The molecule has 1 unspecified atom stereocenters. The highest BCUT2D eigenvalue weighted by atomic mass is 16.5. The summed E-state index contributed by atoms with van der Waals surface area (Å²) in [5.74, 6) is -1.48. The van der Waals surface area contributed by atoms with Crippen molar-refractivity contribution in [2.45, 2.75) is 44.2 Å². The quantitative estimate of drug-likeness (QED) is 0.757. The van der Waals surface area contributed by atoms with E-state index >= 15 is 0 Å². The van der Waals surface area contributed by atoms with Gasteiger partial charge in [-0.05, 0) is 31.2 Å². The minimum atomic E-state index is -1.88. The maximum atomic E-state index is 12.1. The van der Waals surface area contributed by atoms with Gasteiger partial charge in [0.1, 0.15) is 0 Å². The summed E-state index contributed by atoms with van der Waals surface area (Å²) < 4.78 is 6.56. The number of nitrogens with one attached hydrogen (secondary N) is 1. The molecule has 21 heavy (non-hydrogen) atoms. The fraction of sp³-hybridized carbons (Fsp3) is 0.643. The lowest BCUT2D eigenvalue weighted by atomic mass is 9.80. The molecule has 0 saturated heterocycles. The minimum absolute atomic E-state index is 0.243. The molecule has 1 aliphatic rings. The molecular weight excluding hydrogens is 274 g/mol. The highest BCUT2D eigenvalue weighted by Gasteiger charge is 2.41. The Bertz CT molecular complexity index is 550. The third kappa shape index (κ3) is 2.78. The number of carboxylic acids is 1. The van der Waals surface area contributed by atoms with Gasteiger partial charge in [0.25, 0.3) is 5.91 Å². The molecule has 2 N–H and O–H groups in total. The summed E-state index contributed by atoms with van der Waals surface area (Å²) >= 11 is 0. The van der Waals surface area contributed by atoms with Crippen LogP contribution in [0.25, 0.3) is 0 Å². The second kappa shape index (κ2) is 5.85. The van der Waals surface area contributed by atoms with Gasteiger partial charge in [-0.1, -0.05) is 6.42 Å². The lowest BCUT2D eigenvalue weighted by Crippen LogP contribution is -2.51. The molecule has 1 aromatic heterocycles. The highest BCUT2D eigenvalue weighted by molar-refractivity contribution is 6.04. The molecule has 2 rings (SSSR count). The normalized spacial score (nSPS) is 17.9. The van der Waals surface area contributed by atoms with E-state index in [9.17, 15) is 9.59 Å². The Morgan fingerprint density at radius 2 is 2.24 bits per heavy atom. The van der Waals surface area contributed by atoms with E-state index in [1.54, 1.807) is 4.68 Å². The second-order valence-electron chi connectivity index (χ2n) is 5.52. The molecular formula is C14H21N3O4. The number of aliphatic carboxylic acids is 1. The average molecular weight is 295 g/mol. The average Bonchev–Trinajstić information content (AvgIpc) is 2.74. The number of rotatable bonds is 6. The van der Waals surface area contributed by atoms with Crippen LogP contribution in [0.1, 0.15) is 43.4 Å². The van der Waals surface area contributed by atoms with Crippen molar-refractivity contribution in [3.8, 4) is 0 Å². The van der Waals surface area contributed by atoms with Crippen LogP contribution < -0.4 is 5.32 Å². The Kier molecular flexibility index (Phi) is 4.32. The van der Waals surface area contributed by atoms with Crippen molar-refractivity contribution in [1.29, 1.82) is 0 Å². The van der Waals surface area contributed by atoms with Crippen LogP contribution in [0.2, 0.25) is 0 Å². The molecule has 0 aromatic carbocycles. The van der Waals surface area contributed by atoms with Crippen LogP contribution in [-0.2, 0) is 27.9 Å². The number of ether oxygens (including phenoxy) is 1. The van der Waals surface area contributed by atoms with E-state index < -0.39 is 17.5 Å². The van der Waals surface area contributed by atoms with Gasteiger partial charge in [-0.2, -0.15) is 5.10 Å². The SMILES string of the molecule is COC(C)(C(=O)O)C(=O)NCc1c(C2CCC2)cnn1C. The number of nitrogens with zero attached hydrogens (tertiary/aromatic N) is 2. The number of methoxy groups -OCH3 is 1. The van der Waals surface area contributed by atoms with E-state index in [-0.39, 0.29) is 6.54 Å². The standard InChI is InChI=1S/C14H21N3O4/c1-14(21-3,13(19)20)12(18)15-8-11-10(7-16-17(11)2)9-5-4-6-9/h7,9H,4-6,8H2,1-3H3,(H,15,18)(H,19,20). The van der Waals surface area contributed by atoms with Gasteiger partial charge in [0.15, 0.2) is 0 Å². The van der Waals surface area contributed by atoms with Gasteiger partial charge in [-0.25, -0.2) is 4.79 Å². The Hall–Kier alpha value is -1.89. The summed E-state index contributed by atoms with van der Waals surface area (Å²) in [6, 6.07) is 0. The van der Waals surface area contributed by atoms with Crippen LogP contribution in [0.4, 0.5) is 0 Å². The van der Waals surface area contributed by atoms with Crippen molar-refractivity contribution in [2.75, 3.05) is 7.11 Å². The Morgan fingerprint density at radius 3 is 2.71 bits per heavy atom. The smallest absolute Gasteiger partial charge is 0.345 e. The van der Waals surface area contributed by atoms with Gasteiger partial charge in [-0.15, -0.1) is 0 Å². The van der Waals surface area contributed by atoms with Gasteiger partial charge in [0.2, 0.25) is 5.60 Å². The molecule has 7 heteroatoms. The summed E-state index contributed by atoms with van der Waals surface area (Å²) in [7, 11) is 3.02. The maximum Gasteiger partial charge on any atom is 0.345 e. The van der Waals surface area contributed by atoms with E-state index in [4.69, 9.17) is 9.84 Å². The fourth-order valence-electron chi connectivity index (χ4n) is 2.37. The van der Waals surface area contributed by atoms with Crippen molar-refractivity contribution in [3.63, 3.8) is 0 Å². The van der Waals surface area contributed by atoms with E-state index in [0.29, 0.717) is 5.92 Å². The van der Waals surface area contributed by atoms with Crippen LogP contribution in [0.5, 0.6) is 0 Å². The molecule has 0 radical (unpaired) electrons. The number of hydrogen-bond acceptors (Lipinski definition) is 4. The van der Waals surface area contributed by atoms with Gasteiger partial charge in [0.05, 0.1) is 18.4 Å². The molecule has 1 atom stereocenters. The first-order valence-corrected chi connectivity index (χ1v) is 6.97. The predicted molar refractivity (Wildman–Crippen MR) is 74.7 cm³/mol. The number of carbonyl (C=O) groups is 2. The zero-order valence-electron chi connectivity index (χ0n) is 12.5. The molecule has 116 valence electrons. The summed E-state index contributed by atoms with van der Waals surface area (Å²) in [6.45, 7) is 1.48. The summed E-state index contributed by atoms with van der Waals surface area (Å²) in [4.78, 5) is 23.2. The number of hydrogen-bond donors (Lipinski definition) is 2. The first-order valence-electron chi connectivity index (χ1n) is 6.97. The first kappa shape index (κ1) is 15.5. The van der Waals surface area contributed by atoms with Crippen molar-refractivity contribution < 1.29 is 19.4 Å². The number of carbonyl (C=O) groups excluding carboxylic acids is 1. The Morgan fingerprint density at radius 1 is 1.57 bits per heavy atom. The van der Waals surface area contributed by atoms with Gasteiger partial charge in [0, 0.05) is 14.2 Å². The minimum Gasteiger partial charge on any atom is -0.479 e. The number of carboxylic acid groups (broad SMARTS) is 1. The monoisotopic (exact) mass is 295 g/mol. The molecule has 1 amide bonds. The molecule has 0 aliphatic heterocycles. The largest absolute Gasteiger partial charge is 0.479 e. The zero-order valence-corrected chi connectivity index (χ0v) is 12.5. The molecule has 7 nitrogen and oxygen atoms in total. The number of amides is 1. The topological polar surface area (TPSA) is 93.4 Å². The lowest BCUT2D eigenvalue weighted by molar-refractivity contribution is -0.167. The molecule has 1 heterocycles. The van der Waals surface area contributed by atoms with Gasteiger partial charge >= 0.3 is 5.97 Å². The van der Waals surface area contributed by atoms with Crippen LogP contribution >= 0.6 is 0 Å². The molecule has 1 saturated carbocycles. The highest BCUT2D eigenvalue weighted by Crippen LogP contribution is 2.37. The number of aryl methyl sites for hydroxylation is 1. The third-order valence-electron chi connectivity index (χ3n) is 4.30. The fourth-order valence-corrected chi connectivity index (χ4v) is 2.37. The second-order valence-corrected chi connectivity index (χ2v) is 5.52. The van der Waals surface area contributed by atoms with Crippen LogP contribution in [-0.4, -0.2) is 39.5 Å². The molecule has 1 aliphatic carbocycles. The van der Waals surface area contributed by atoms with Crippen molar-refractivity contribution >= 4 is 11.9 Å². The van der Waals surface area contributed by atoms with E-state index in [1.807, 2.05) is 13.2 Å². The molecule has 0 spiro atoms. The van der Waals surface area contributed by atoms with Gasteiger partial charge in [-0.3, -0.25) is 9.48 Å². The summed E-state index contributed by atoms with van der Waals surface area (Å²) in [5.41, 5.74) is 0.172. The Labute approximate surface area is 123 Å². The molecule has 1 aromatic rings. The van der Waals surface area contributed by atoms with Crippen molar-refractivity contribution in [1.82, 2.24) is 15.1 Å². The van der Waals surface area contributed by atoms with Crippen molar-refractivity contribution in [2.24, 2.45) is 7.05 Å². The predicted octanol–water partition coefficient (Wildman–Crippen LogP) is 0.793. The lowest BCUT2D eigenvalue weighted by Gasteiger charge is -2.26. The van der Waals surface area contributed by atoms with Crippen LogP contribution in [0.15, 0.2) is 6.20 Å². The van der Waals surface area contributed by atoms with Crippen molar-refractivity contribution in [3.05, 3.63) is 17.5 Å². The van der Waals surface area contributed by atoms with E-state index in [0.717, 1.165) is 24.1 Å². The van der Waals surface area contributed by atoms with E-state index in [1.165, 1.54) is 20.5 Å².